The molecule has 0 aliphatic rings. The lowest BCUT2D eigenvalue weighted by Gasteiger charge is -2.11. The second-order valence-electron chi connectivity index (χ2n) is 3.33. The number of ether oxygens (including phenoxy) is 1. The quantitative estimate of drug-likeness (QED) is 0.480. The van der Waals surface area contributed by atoms with Gasteiger partial charge < -0.3 is 25.3 Å². The van der Waals surface area contributed by atoms with Crippen molar-refractivity contribution in [3.05, 3.63) is 23.5 Å². The standard InChI is InChI=1S/C10H16N2O4/c1-16-10(15)9-3-2-7(12-9)4-11-8(5-13)6-14/h2-3,8,11-14H,4-6H2,1H3. The minimum absolute atomic E-state index is 0.138. The van der Waals surface area contributed by atoms with Crippen LogP contribution in [0, 0.1) is 0 Å². The minimum atomic E-state index is -0.424. The van der Waals surface area contributed by atoms with Gasteiger partial charge in [-0.3, -0.25) is 0 Å². The molecule has 1 rings (SSSR count). The molecular weight excluding hydrogens is 212 g/mol. The normalized spacial score (nSPS) is 10.8. The molecule has 0 bridgehead atoms. The Morgan fingerprint density at radius 1 is 1.50 bits per heavy atom. The third-order valence-corrected chi connectivity index (χ3v) is 2.17. The molecule has 0 unspecified atom stereocenters. The second-order valence-corrected chi connectivity index (χ2v) is 3.33. The summed E-state index contributed by atoms with van der Waals surface area (Å²) in [7, 11) is 1.31. The maximum absolute atomic E-state index is 11.1. The molecule has 0 aromatic carbocycles. The first kappa shape index (κ1) is 12.7. The van der Waals surface area contributed by atoms with Gasteiger partial charge in [0.1, 0.15) is 5.69 Å². The molecule has 0 aliphatic heterocycles. The molecule has 0 saturated heterocycles. The second kappa shape index (κ2) is 6.26. The number of H-pyrrole nitrogens is 1. The third kappa shape index (κ3) is 3.34. The number of esters is 1. The van der Waals surface area contributed by atoms with Crippen LogP contribution in [-0.2, 0) is 11.3 Å². The summed E-state index contributed by atoms with van der Waals surface area (Å²) in [5.74, 6) is -0.424. The van der Waals surface area contributed by atoms with Gasteiger partial charge in [-0.1, -0.05) is 0 Å². The van der Waals surface area contributed by atoms with Crippen molar-refractivity contribution in [3.63, 3.8) is 0 Å². The zero-order chi connectivity index (χ0) is 12.0. The van der Waals surface area contributed by atoms with Gasteiger partial charge in [0.05, 0.1) is 26.4 Å². The first-order valence-corrected chi connectivity index (χ1v) is 4.92. The van der Waals surface area contributed by atoms with Gasteiger partial charge in [-0.25, -0.2) is 4.79 Å². The van der Waals surface area contributed by atoms with Gasteiger partial charge in [0.15, 0.2) is 0 Å². The molecule has 1 aromatic heterocycles. The van der Waals surface area contributed by atoms with E-state index in [0.29, 0.717) is 12.2 Å². The molecule has 4 N–H and O–H groups in total. The van der Waals surface area contributed by atoms with Crippen LogP contribution in [0.3, 0.4) is 0 Å². The Labute approximate surface area is 93.2 Å². The van der Waals surface area contributed by atoms with Gasteiger partial charge in [0.2, 0.25) is 0 Å². The van der Waals surface area contributed by atoms with Crippen molar-refractivity contribution in [2.75, 3.05) is 20.3 Å². The number of hydrogen-bond donors (Lipinski definition) is 4. The van der Waals surface area contributed by atoms with Crippen LogP contribution in [-0.4, -0.2) is 47.5 Å². The van der Waals surface area contributed by atoms with Crippen molar-refractivity contribution >= 4 is 5.97 Å². The predicted octanol–water partition coefficient (Wildman–Crippen LogP) is -0.756. The van der Waals surface area contributed by atoms with Crippen molar-refractivity contribution in [2.24, 2.45) is 0 Å². The van der Waals surface area contributed by atoms with E-state index in [4.69, 9.17) is 10.2 Å². The van der Waals surface area contributed by atoms with Crippen molar-refractivity contribution < 1.29 is 19.7 Å². The largest absolute Gasteiger partial charge is 0.464 e. The van der Waals surface area contributed by atoms with Crippen LogP contribution >= 0.6 is 0 Å². The molecule has 0 radical (unpaired) electrons. The van der Waals surface area contributed by atoms with Crippen LogP contribution in [0.2, 0.25) is 0 Å². The molecule has 0 aliphatic carbocycles. The lowest BCUT2D eigenvalue weighted by molar-refractivity contribution is 0.0594. The van der Waals surface area contributed by atoms with Crippen LogP contribution in [0.25, 0.3) is 0 Å². The topological polar surface area (TPSA) is 94.6 Å². The Morgan fingerprint density at radius 2 is 2.19 bits per heavy atom. The van der Waals surface area contributed by atoms with Crippen molar-refractivity contribution in [3.8, 4) is 0 Å². The molecule has 6 nitrogen and oxygen atoms in total. The van der Waals surface area contributed by atoms with Crippen LogP contribution in [0.4, 0.5) is 0 Å². The Balaban J connectivity index is 2.49. The number of methoxy groups -OCH3 is 1. The summed E-state index contributed by atoms with van der Waals surface area (Å²) in [5.41, 5.74) is 1.16. The van der Waals surface area contributed by atoms with E-state index in [0.717, 1.165) is 5.69 Å². The summed E-state index contributed by atoms with van der Waals surface area (Å²) in [4.78, 5) is 14.0. The van der Waals surface area contributed by atoms with E-state index < -0.39 is 5.97 Å². The number of aliphatic hydroxyl groups excluding tert-OH is 2. The number of hydrogen-bond acceptors (Lipinski definition) is 5. The number of rotatable bonds is 6. The van der Waals surface area contributed by atoms with E-state index >= 15 is 0 Å². The van der Waals surface area contributed by atoms with Gasteiger partial charge in [0.25, 0.3) is 0 Å². The number of aromatic amines is 1. The number of aliphatic hydroxyl groups is 2. The van der Waals surface area contributed by atoms with Crippen molar-refractivity contribution in [1.29, 1.82) is 0 Å². The van der Waals surface area contributed by atoms with Gasteiger partial charge in [-0.2, -0.15) is 0 Å². The predicted molar refractivity (Wildman–Crippen MR) is 56.9 cm³/mol. The maximum atomic E-state index is 11.1. The van der Waals surface area contributed by atoms with Crippen LogP contribution in [0.15, 0.2) is 12.1 Å². The van der Waals surface area contributed by atoms with Crippen molar-refractivity contribution in [2.45, 2.75) is 12.6 Å². The van der Waals surface area contributed by atoms with E-state index in [1.54, 1.807) is 12.1 Å². The zero-order valence-corrected chi connectivity index (χ0v) is 9.06. The average Bonchev–Trinajstić information content (AvgIpc) is 2.78. The minimum Gasteiger partial charge on any atom is -0.464 e. The lowest BCUT2D eigenvalue weighted by Crippen LogP contribution is -2.35. The summed E-state index contributed by atoms with van der Waals surface area (Å²) in [6, 6.07) is 3.01. The van der Waals surface area contributed by atoms with Gasteiger partial charge in [-0.15, -0.1) is 0 Å². The summed E-state index contributed by atoms with van der Waals surface area (Å²) in [6.45, 7) is 0.158. The van der Waals surface area contributed by atoms with Crippen molar-refractivity contribution in [1.82, 2.24) is 10.3 Å². The molecule has 6 heteroatoms. The highest BCUT2D eigenvalue weighted by molar-refractivity contribution is 5.87. The SMILES string of the molecule is COC(=O)c1ccc(CNC(CO)CO)[nH]1. The molecule has 16 heavy (non-hydrogen) atoms. The van der Waals surface area contributed by atoms with Crippen LogP contribution in [0.1, 0.15) is 16.2 Å². The van der Waals surface area contributed by atoms with E-state index in [-0.39, 0.29) is 19.3 Å². The van der Waals surface area contributed by atoms with Gasteiger partial charge in [-0.05, 0) is 12.1 Å². The average molecular weight is 228 g/mol. The fourth-order valence-electron chi connectivity index (χ4n) is 1.21. The third-order valence-electron chi connectivity index (χ3n) is 2.17. The van der Waals surface area contributed by atoms with E-state index in [1.165, 1.54) is 7.11 Å². The van der Waals surface area contributed by atoms with Crippen LogP contribution < -0.4 is 5.32 Å². The molecule has 0 saturated carbocycles. The van der Waals surface area contributed by atoms with E-state index in [2.05, 4.69) is 15.0 Å². The molecule has 0 spiro atoms. The lowest BCUT2D eigenvalue weighted by atomic mass is 10.3. The summed E-state index contributed by atoms with van der Waals surface area (Å²) >= 11 is 0. The van der Waals surface area contributed by atoms with E-state index in [9.17, 15) is 4.79 Å². The van der Waals surface area contributed by atoms with E-state index in [1.807, 2.05) is 0 Å². The highest BCUT2D eigenvalue weighted by atomic mass is 16.5. The molecule has 0 atom stereocenters. The molecule has 1 heterocycles. The molecule has 0 amide bonds. The fourth-order valence-corrected chi connectivity index (χ4v) is 1.21. The number of carbonyl (C=O) groups excluding carboxylic acids is 1. The first-order chi connectivity index (χ1) is 7.71. The monoisotopic (exact) mass is 228 g/mol. The Bertz CT molecular complexity index is 333. The fraction of sp³-hybridized carbons (Fsp3) is 0.500. The molecule has 0 fully saturated rings. The number of carbonyl (C=O) groups is 1. The Morgan fingerprint density at radius 3 is 2.75 bits per heavy atom. The zero-order valence-electron chi connectivity index (χ0n) is 9.06. The molecule has 90 valence electrons. The highest BCUT2D eigenvalue weighted by Gasteiger charge is 2.09. The number of aromatic nitrogens is 1. The molecular formula is C10H16N2O4. The smallest absolute Gasteiger partial charge is 0.354 e. The van der Waals surface area contributed by atoms with Gasteiger partial charge in [0, 0.05) is 12.2 Å². The Kier molecular flexibility index (Phi) is 4.97. The summed E-state index contributed by atoms with van der Waals surface area (Å²) in [5, 5.41) is 20.6. The maximum Gasteiger partial charge on any atom is 0.354 e. The first-order valence-electron chi connectivity index (χ1n) is 4.92. The number of nitrogens with one attached hydrogen (secondary N) is 2. The van der Waals surface area contributed by atoms with Gasteiger partial charge >= 0.3 is 5.97 Å². The Hall–Kier alpha value is -1.37. The molecule has 1 aromatic rings. The summed E-state index contributed by atoms with van der Waals surface area (Å²) in [6.07, 6.45) is 0. The summed E-state index contributed by atoms with van der Waals surface area (Å²) < 4.78 is 4.55. The van der Waals surface area contributed by atoms with Crippen LogP contribution in [0.5, 0.6) is 0 Å². The highest BCUT2D eigenvalue weighted by Crippen LogP contribution is 2.03.